The standard InChI is InChI=1S/C19H28N4O3/c1-4-20-19(21-10-9-18(25)26-13(2)3)22-12-14-11-17(24)23-16-8-6-5-7-15(14)16/h5-8,13-14H,4,9-12H2,1-3H3,(H,23,24)(H2,20,21,22). The molecule has 7 heteroatoms. The third kappa shape index (κ3) is 6.06. The highest BCUT2D eigenvalue weighted by Crippen LogP contribution is 2.31. The van der Waals surface area contributed by atoms with Gasteiger partial charge in [0.1, 0.15) is 0 Å². The molecule has 0 saturated carbocycles. The molecule has 0 fully saturated rings. The first-order valence-corrected chi connectivity index (χ1v) is 9.10. The summed E-state index contributed by atoms with van der Waals surface area (Å²) in [4.78, 5) is 28.1. The van der Waals surface area contributed by atoms with Crippen molar-refractivity contribution in [3.05, 3.63) is 29.8 Å². The van der Waals surface area contributed by atoms with Crippen LogP contribution in [0.25, 0.3) is 0 Å². The molecule has 1 aromatic rings. The van der Waals surface area contributed by atoms with Gasteiger partial charge in [-0.3, -0.25) is 14.6 Å². The summed E-state index contributed by atoms with van der Waals surface area (Å²) in [5.74, 6) is 0.453. The molecule has 0 radical (unpaired) electrons. The van der Waals surface area contributed by atoms with Crippen molar-refractivity contribution in [3.63, 3.8) is 0 Å². The van der Waals surface area contributed by atoms with E-state index >= 15 is 0 Å². The van der Waals surface area contributed by atoms with Gasteiger partial charge in [-0.05, 0) is 32.4 Å². The summed E-state index contributed by atoms with van der Waals surface area (Å²) in [6.45, 7) is 7.29. The van der Waals surface area contributed by atoms with Gasteiger partial charge in [0.2, 0.25) is 5.91 Å². The fourth-order valence-corrected chi connectivity index (χ4v) is 2.81. The predicted octanol–water partition coefficient (Wildman–Crippen LogP) is 2.01. The molecular formula is C19H28N4O3. The van der Waals surface area contributed by atoms with E-state index in [1.165, 1.54) is 0 Å². The number of carbonyl (C=O) groups excluding carboxylic acids is 2. The largest absolute Gasteiger partial charge is 0.463 e. The minimum Gasteiger partial charge on any atom is -0.463 e. The van der Waals surface area contributed by atoms with E-state index in [1.54, 1.807) is 0 Å². The van der Waals surface area contributed by atoms with Crippen molar-refractivity contribution in [2.75, 3.05) is 25.0 Å². The molecule has 0 saturated heterocycles. The summed E-state index contributed by atoms with van der Waals surface area (Å²) < 4.78 is 5.11. The maximum atomic E-state index is 11.9. The Balaban J connectivity index is 1.94. The molecular weight excluding hydrogens is 332 g/mol. The molecule has 26 heavy (non-hydrogen) atoms. The second-order valence-corrected chi connectivity index (χ2v) is 6.47. The number of nitrogens with one attached hydrogen (secondary N) is 3. The number of guanidine groups is 1. The second-order valence-electron chi connectivity index (χ2n) is 6.47. The Bertz CT molecular complexity index is 658. The monoisotopic (exact) mass is 360 g/mol. The van der Waals surface area contributed by atoms with Crippen LogP contribution in [0.1, 0.15) is 45.1 Å². The van der Waals surface area contributed by atoms with E-state index in [0.717, 1.165) is 11.3 Å². The van der Waals surface area contributed by atoms with Crippen LogP contribution in [0.3, 0.4) is 0 Å². The molecule has 1 atom stereocenters. The Hall–Kier alpha value is -2.57. The van der Waals surface area contributed by atoms with Crippen LogP contribution in [0.4, 0.5) is 5.69 Å². The number of aliphatic imine (C=N–C) groups is 1. The van der Waals surface area contributed by atoms with E-state index in [2.05, 4.69) is 20.9 Å². The summed E-state index contributed by atoms with van der Waals surface area (Å²) in [6, 6.07) is 7.81. The van der Waals surface area contributed by atoms with Crippen LogP contribution in [0, 0.1) is 0 Å². The number of benzene rings is 1. The van der Waals surface area contributed by atoms with E-state index in [9.17, 15) is 9.59 Å². The quantitative estimate of drug-likeness (QED) is 0.393. The molecule has 2 rings (SSSR count). The van der Waals surface area contributed by atoms with Crippen LogP contribution < -0.4 is 16.0 Å². The molecule has 0 spiro atoms. The average Bonchev–Trinajstić information content (AvgIpc) is 2.58. The third-order valence-electron chi connectivity index (χ3n) is 3.91. The van der Waals surface area contributed by atoms with Crippen LogP contribution >= 0.6 is 0 Å². The van der Waals surface area contributed by atoms with Crippen molar-refractivity contribution >= 4 is 23.5 Å². The van der Waals surface area contributed by atoms with Gasteiger partial charge in [-0.25, -0.2) is 0 Å². The first-order chi connectivity index (χ1) is 12.5. The molecule has 0 aromatic heterocycles. The molecule has 7 nitrogen and oxygen atoms in total. The molecule has 1 aliphatic rings. The summed E-state index contributed by atoms with van der Waals surface area (Å²) in [6.07, 6.45) is 0.583. The summed E-state index contributed by atoms with van der Waals surface area (Å²) in [5.41, 5.74) is 1.96. The van der Waals surface area contributed by atoms with Gasteiger partial charge < -0.3 is 20.7 Å². The summed E-state index contributed by atoms with van der Waals surface area (Å²) in [7, 11) is 0. The molecule has 1 heterocycles. The first-order valence-electron chi connectivity index (χ1n) is 9.10. The second kappa shape index (κ2) is 9.79. The number of esters is 1. The van der Waals surface area contributed by atoms with Crippen molar-refractivity contribution in [1.82, 2.24) is 10.6 Å². The number of anilines is 1. The van der Waals surface area contributed by atoms with E-state index in [0.29, 0.717) is 32.0 Å². The van der Waals surface area contributed by atoms with Crippen LogP contribution in [0.5, 0.6) is 0 Å². The number of rotatable bonds is 7. The van der Waals surface area contributed by atoms with Crippen LogP contribution in [-0.2, 0) is 14.3 Å². The highest BCUT2D eigenvalue weighted by atomic mass is 16.5. The number of amides is 1. The maximum absolute atomic E-state index is 11.9. The van der Waals surface area contributed by atoms with Crippen molar-refractivity contribution in [1.29, 1.82) is 0 Å². The van der Waals surface area contributed by atoms with Gasteiger partial charge in [-0.1, -0.05) is 18.2 Å². The number of nitrogens with zero attached hydrogens (tertiary/aromatic N) is 1. The van der Waals surface area contributed by atoms with Crippen molar-refractivity contribution in [2.24, 2.45) is 4.99 Å². The van der Waals surface area contributed by atoms with Crippen molar-refractivity contribution in [2.45, 2.75) is 45.6 Å². The molecule has 3 N–H and O–H groups in total. The molecule has 142 valence electrons. The van der Waals surface area contributed by atoms with Gasteiger partial charge in [0.25, 0.3) is 0 Å². The smallest absolute Gasteiger partial charge is 0.307 e. The predicted molar refractivity (Wildman–Crippen MR) is 102 cm³/mol. The zero-order valence-electron chi connectivity index (χ0n) is 15.7. The number of hydrogen-bond acceptors (Lipinski definition) is 4. The van der Waals surface area contributed by atoms with Crippen LogP contribution in [0.2, 0.25) is 0 Å². The third-order valence-corrected chi connectivity index (χ3v) is 3.91. The van der Waals surface area contributed by atoms with Gasteiger partial charge in [-0.2, -0.15) is 0 Å². The lowest BCUT2D eigenvalue weighted by molar-refractivity contribution is -0.147. The zero-order chi connectivity index (χ0) is 18.9. The maximum Gasteiger partial charge on any atom is 0.307 e. The minimum absolute atomic E-state index is 0.0123. The SMILES string of the molecule is CCNC(=NCC1CC(=O)Nc2ccccc21)NCCC(=O)OC(C)C. The summed E-state index contributed by atoms with van der Waals surface area (Å²) in [5, 5.41) is 9.19. The van der Waals surface area contributed by atoms with E-state index in [1.807, 2.05) is 45.0 Å². The van der Waals surface area contributed by atoms with Gasteiger partial charge in [0.05, 0.1) is 19.1 Å². The van der Waals surface area contributed by atoms with E-state index < -0.39 is 0 Å². The minimum atomic E-state index is -0.235. The van der Waals surface area contributed by atoms with Gasteiger partial charge in [0.15, 0.2) is 5.96 Å². The highest BCUT2D eigenvalue weighted by Gasteiger charge is 2.24. The van der Waals surface area contributed by atoms with Crippen LogP contribution in [-0.4, -0.2) is 43.6 Å². The molecule has 1 amide bonds. The molecule has 1 aromatic carbocycles. The zero-order valence-corrected chi connectivity index (χ0v) is 15.7. The average molecular weight is 360 g/mol. The lowest BCUT2D eigenvalue weighted by atomic mass is 9.91. The molecule has 1 aliphatic heterocycles. The van der Waals surface area contributed by atoms with Crippen molar-refractivity contribution < 1.29 is 14.3 Å². The Labute approximate surface area is 154 Å². The topological polar surface area (TPSA) is 91.8 Å². The van der Waals surface area contributed by atoms with Crippen molar-refractivity contribution in [3.8, 4) is 0 Å². The molecule has 1 unspecified atom stereocenters. The van der Waals surface area contributed by atoms with Gasteiger partial charge in [-0.15, -0.1) is 0 Å². The number of ether oxygens (including phenoxy) is 1. The van der Waals surface area contributed by atoms with Crippen LogP contribution in [0.15, 0.2) is 29.3 Å². The Morgan fingerprint density at radius 3 is 2.85 bits per heavy atom. The lowest BCUT2D eigenvalue weighted by Gasteiger charge is -2.24. The Morgan fingerprint density at radius 2 is 2.12 bits per heavy atom. The summed E-state index contributed by atoms with van der Waals surface area (Å²) >= 11 is 0. The molecule has 0 bridgehead atoms. The normalized spacial score (nSPS) is 16.7. The first kappa shape index (κ1) is 19.8. The number of para-hydroxylation sites is 1. The fourth-order valence-electron chi connectivity index (χ4n) is 2.81. The Morgan fingerprint density at radius 1 is 1.35 bits per heavy atom. The Kier molecular flexibility index (Phi) is 7.44. The van der Waals surface area contributed by atoms with E-state index in [-0.39, 0.29) is 30.3 Å². The lowest BCUT2D eigenvalue weighted by Crippen LogP contribution is -2.39. The number of fused-ring (bicyclic) bond motifs is 1. The van der Waals surface area contributed by atoms with Gasteiger partial charge >= 0.3 is 5.97 Å². The van der Waals surface area contributed by atoms with E-state index in [4.69, 9.17) is 4.74 Å². The van der Waals surface area contributed by atoms with Gasteiger partial charge in [0, 0.05) is 31.1 Å². The molecule has 0 aliphatic carbocycles. The number of carbonyl (C=O) groups is 2. The number of hydrogen-bond donors (Lipinski definition) is 3. The highest BCUT2D eigenvalue weighted by molar-refractivity contribution is 5.94. The fraction of sp³-hybridized carbons (Fsp3) is 0.526.